The van der Waals surface area contributed by atoms with Crippen molar-refractivity contribution in [1.29, 1.82) is 0 Å². The first-order chi connectivity index (χ1) is 9.12. The minimum absolute atomic E-state index is 0.107. The molecule has 0 saturated carbocycles. The molecule has 3 rings (SSSR count). The van der Waals surface area contributed by atoms with Crippen molar-refractivity contribution >= 4 is 8.25 Å². The van der Waals surface area contributed by atoms with Gasteiger partial charge in [-0.3, -0.25) is 4.90 Å². The van der Waals surface area contributed by atoms with E-state index in [2.05, 4.69) is 21.6 Å². The molecule has 0 spiro atoms. The van der Waals surface area contributed by atoms with Gasteiger partial charge in [0.25, 0.3) is 0 Å². The molecule has 0 bridgehead atoms. The Kier molecular flexibility index (Phi) is 3.83. The van der Waals surface area contributed by atoms with Gasteiger partial charge in [-0.25, -0.2) is 0 Å². The second-order valence-corrected chi connectivity index (χ2v) is 6.47. The average molecular weight is 285 g/mol. The molecular formula is C13H17FNO3P. The summed E-state index contributed by atoms with van der Waals surface area (Å²) in [5.74, 6) is 0.107. The maximum absolute atomic E-state index is 13.2. The van der Waals surface area contributed by atoms with E-state index in [1.165, 1.54) is 5.56 Å². The van der Waals surface area contributed by atoms with E-state index in [4.69, 9.17) is 4.52 Å². The van der Waals surface area contributed by atoms with Crippen LogP contribution in [-0.4, -0.2) is 30.7 Å². The van der Waals surface area contributed by atoms with Crippen LogP contribution < -0.4 is 4.89 Å². The van der Waals surface area contributed by atoms with Crippen LogP contribution >= 0.6 is 8.25 Å². The van der Waals surface area contributed by atoms with Crippen LogP contribution in [0.2, 0.25) is 0 Å². The van der Waals surface area contributed by atoms with Crippen LogP contribution in [-0.2, 0) is 15.6 Å². The molecule has 2 saturated heterocycles. The lowest BCUT2D eigenvalue weighted by Gasteiger charge is -2.40. The van der Waals surface area contributed by atoms with Crippen LogP contribution in [0.3, 0.4) is 0 Å². The SMILES string of the molecule is [O-][P+]1(F)OC[C@@H]2CN(Cc3ccccc3)CC[C@H]2O1. The molecule has 104 valence electrons. The molecule has 2 aliphatic heterocycles. The first kappa shape index (κ1) is 13.4. The van der Waals surface area contributed by atoms with Gasteiger partial charge in [-0.1, -0.05) is 30.3 Å². The van der Waals surface area contributed by atoms with E-state index >= 15 is 0 Å². The predicted molar refractivity (Wildman–Crippen MR) is 68.7 cm³/mol. The topological polar surface area (TPSA) is 44.8 Å². The van der Waals surface area contributed by atoms with E-state index in [-0.39, 0.29) is 18.6 Å². The molecule has 0 radical (unpaired) electrons. The summed E-state index contributed by atoms with van der Waals surface area (Å²) in [6.07, 6.45) is 0.436. The van der Waals surface area contributed by atoms with Gasteiger partial charge in [0.2, 0.25) is 0 Å². The number of hydrogen-bond donors (Lipinski definition) is 0. The molecule has 1 unspecified atom stereocenters. The summed E-state index contributed by atoms with van der Waals surface area (Å²) in [5.41, 5.74) is 1.26. The Morgan fingerprint density at radius 3 is 2.95 bits per heavy atom. The van der Waals surface area contributed by atoms with Gasteiger partial charge >= 0.3 is 8.25 Å². The predicted octanol–water partition coefficient (Wildman–Crippen LogP) is 1.93. The van der Waals surface area contributed by atoms with Crippen molar-refractivity contribution in [2.45, 2.75) is 19.1 Å². The zero-order valence-corrected chi connectivity index (χ0v) is 11.5. The number of piperidine rings is 1. The van der Waals surface area contributed by atoms with Crippen LogP contribution in [0.1, 0.15) is 12.0 Å². The monoisotopic (exact) mass is 285 g/mol. The van der Waals surface area contributed by atoms with Gasteiger partial charge in [-0.05, 0) is 12.0 Å². The quantitative estimate of drug-likeness (QED) is 0.779. The van der Waals surface area contributed by atoms with Gasteiger partial charge in [0.1, 0.15) is 12.7 Å². The van der Waals surface area contributed by atoms with Crippen LogP contribution in [0.15, 0.2) is 30.3 Å². The van der Waals surface area contributed by atoms with Crippen molar-refractivity contribution < 1.29 is 18.1 Å². The Hall–Kier alpha value is -0.580. The largest absolute Gasteiger partial charge is 0.601 e. The maximum atomic E-state index is 13.2. The average Bonchev–Trinajstić information content (AvgIpc) is 2.39. The molecule has 2 fully saturated rings. The molecular weight excluding hydrogens is 268 g/mol. The number of fused-ring (bicyclic) bond motifs is 1. The first-order valence-electron chi connectivity index (χ1n) is 6.51. The second kappa shape index (κ2) is 5.43. The van der Waals surface area contributed by atoms with E-state index in [1.54, 1.807) is 0 Å². The molecule has 19 heavy (non-hydrogen) atoms. The molecule has 6 heteroatoms. The fourth-order valence-corrected chi connectivity index (χ4v) is 3.78. The van der Waals surface area contributed by atoms with E-state index < -0.39 is 8.25 Å². The maximum Gasteiger partial charge on any atom is 0.439 e. The number of rotatable bonds is 2. The van der Waals surface area contributed by atoms with Crippen molar-refractivity contribution in [2.24, 2.45) is 5.92 Å². The lowest BCUT2D eigenvalue weighted by atomic mass is 9.95. The molecule has 3 atom stereocenters. The minimum atomic E-state index is -4.28. The van der Waals surface area contributed by atoms with Crippen LogP contribution in [0, 0.1) is 5.92 Å². The molecule has 4 nitrogen and oxygen atoms in total. The number of halogens is 1. The van der Waals surface area contributed by atoms with Gasteiger partial charge in [0, 0.05) is 29.7 Å². The zero-order valence-electron chi connectivity index (χ0n) is 10.6. The Morgan fingerprint density at radius 2 is 2.16 bits per heavy atom. The van der Waals surface area contributed by atoms with Crippen molar-refractivity contribution in [3.05, 3.63) is 35.9 Å². The summed E-state index contributed by atoms with van der Waals surface area (Å²) in [7, 11) is -4.28. The summed E-state index contributed by atoms with van der Waals surface area (Å²) in [6.45, 7) is 2.68. The summed E-state index contributed by atoms with van der Waals surface area (Å²) < 4.78 is 22.8. The normalized spacial score (nSPS) is 35.9. The smallest absolute Gasteiger partial charge is 0.439 e. The molecule has 1 aromatic carbocycles. The minimum Gasteiger partial charge on any atom is -0.601 e. The molecule has 0 N–H and O–H groups in total. The van der Waals surface area contributed by atoms with Crippen LogP contribution in [0.25, 0.3) is 0 Å². The third-order valence-electron chi connectivity index (χ3n) is 3.70. The van der Waals surface area contributed by atoms with Crippen LogP contribution in [0.5, 0.6) is 0 Å². The molecule has 0 aromatic heterocycles. The van der Waals surface area contributed by atoms with Gasteiger partial charge in [-0.2, -0.15) is 9.05 Å². The van der Waals surface area contributed by atoms with Crippen molar-refractivity contribution in [1.82, 2.24) is 4.90 Å². The molecule has 0 amide bonds. The van der Waals surface area contributed by atoms with Gasteiger partial charge in [0.05, 0.1) is 0 Å². The third kappa shape index (κ3) is 3.30. The summed E-state index contributed by atoms with van der Waals surface area (Å²) in [5, 5.41) is 0. The Bertz CT molecular complexity index is 431. The highest BCUT2D eigenvalue weighted by Crippen LogP contribution is 2.59. The summed E-state index contributed by atoms with van der Waals surface area (Å²) in [4.78, 5) is 13.4. The van der Waals surface area contributed by atoms with Gasteiger partial charge in [0.15, 0.2) is 0 Å². The molecule has 1 aromatic rings. The van der Waals surface area contributed by atoms with Crippen molar-refractivity contribution in [3.8, 4) is 0 Å². The summed E-state index contributed by atoms with van der Waals surface area (Å²) in [6, 6.07) is 10.2. The highest BCUT2D eigenvalue weighted by molar-refractivity contribution is 7.53. The fourth-order valence-electron chi connectivity index (χ4n) is 2.75. The standard InChI is InChI=1S/C13H17FNO3P/c14-19(16)17-10-12-9-15(7-6-13(12)18-19)8-11-4-2-1-3-5-11/h1-5,12-13H,6-10H2/t12-,13+,19?/m0/s1. The third-order valence-corrected chi connectivity index (χ3v) is 4.68. The second-order valence-electron chi connectivity index (χ2n) is 5.14. The Labute approximate surface area is 112 Å². The Morgan fingerprint density at radius 1 is 1.37 bits per heavy atom. The number of hydrogen-bond acceptors (Lipinski definition) is 4. The number of likely N-dealkylation sites (tertiary alicyclic amines) is 1. The lowest BCUT2D eigenvalue weighted by molar-refractivity contribution is -0.254. The lowest BCUT2D eigenvalue weighted by Crippen LogP contribution is -2.48. The number of nitrogens with zero attached hydrogens (tertiary/aromatic N) is 1. The summed E-state index contributed by atoms with van der Waals surface area (Å²) >= 11 is 0. The fraction of sp³-hybridized carbons (Fsp3) is 0.538. The highest BCUT2D eigenvalue weighted by Gasteiger charge is 2.47. The molecule has 2 aliphatic rings. The molecule has 0 aliphatic carbocycles. The van der Waals surface area contributed by atoms with E-state index in [0.717, 1.165) is 19.6 Å². The van der Waals surface area contributed by atoms with Crippen LogP contribution in [0.4, 0.5) is 4.20 Å². The number of benzene rings is 1. The molecule has 2 heterocycles. The first-order valence-corrected chi connectivity index (χ1v) is 7.95. The van der Waals surface area contributed by atoms with E-state index in [9.17, 15) is 9.09 Å². The van der Waals surface area contributed by atoms with Crippen molar-refractivity contribution in [2.75, 3.05) is 19.7 Å². The zero-order chi connectivity index (χ0) is 13.3. The van der Waals surface area contributed by atoms with Crippen molar-refractivity contribution in [3.63, 3.8) is 0 Å². The van der Waals surface area contributed by atoms with E-state index in [0.29, 0.717) is 6.42 Å². The van der Waals surface area contributed by atoms with Gasteiger partial charge < -0.3 is 4.89 Å². The van der Waals surface area contributed by atoms with Gasteiger partial charge in [-0.15, -0.1) is 0 Å². The Balaban J connectivity index is 1.58. The van der Waals surface area contributed by atoms with E-state index in [1.807, 2.05) is 18.2 Å². The highest BCUT2D eigenvalue weighted by atomic mass is 31.3.